The molecule has 0 spiro atoms. The van der Waals surface area contributed by atoms with Crippen LogP contribution < -0.4 is 20.3 Å². The zero-order valence-electron chi connectivity index (χ0n) is 14.1. The van der Waals surface area contributed by atoms with Crippen LogP contribution in [0.15, 0.2) is 46.6 Å². The van der Waals surface area contributed by atoms with Crippen molar-refractivity contribution in [3.05, 3.63) is 47.5 Å². The first-order valence-corrected chi connectivity index (χ1v) is 7.71. The zero-order valence-corrected chi connectivity index (χ0v) is 14.9. The molecule has 2 aromatic carbocycles. The first-order chi connectivity index (χ1) is 11.5. The van der Waals surface area contributed by atoms with Crippen molar-refractivity contribution in [2.24, 2.45) is 10.2 Å². The molecule has 0 aliphatic heterocycles. The minimum atomic E-state index is 0.195. The Labute approximate surface area is 146 Å². The average Bonchev–Trinajstić information content (AvgIpc) is 2.59. The highest BCUT2D eigenvalue weighted by atomic mass is 32.1. The van der Waals surface area contributed by atoms with E-state index in [1.54, 1.807) is 14.2 Å². The Kier molecular flexibility index (Phi) is 6.08. The SMILES string of the molecule is COc1cc(C)ccc1N=NC(=S)NNc1ccc(C)cc1OC. The van der Waals surface area contributed by atoms with Gasteiger partial charge in [0.15, 0.2) is 0 Å². The van der Waals surface area contributed by atoms with Crippen LogP contribution in [-0.2, 0) is 0 Å². The lowest BCUT2D eigenvalue weighted by molar-refractivity contribution is 0.415. The molecule has 24 heavy (non-hydrogen) atoms. The monoisotopic (exact) mass is 344 g/mol. The molecule has 0 saturated carbocycles. The minimum absolute atomic E-state index is 0.195. The summed E-state index contributed by atoms with van der Waals surface area (Å²) in [5.41, 5.74) is 9.33. The number of anilines is 1. The van der Waals surface area contributed by atoms with E-state index in [0.29, 0.717) is 17.2 Å². The highest BCUT2D eigenvalue weighted by Crippen LogP contribution is 2.28. The Morgan fingerprint density at radius 2 is 1.58 bits per heavy atom. The van der Waals surface area contributed by atoms with Crippen LogP contribution in [0.1, 0.15) is 11.1 Å². The molecule has 2 aromatic rings. The van der Waals surface area contributed by atoms with E-state index >= 15 is 0 Å². The van der Waals surface area contributed by atoms with Crippen molar-refractivity contribution >= 4 is 28.7 Å². The average molecular weight is 344 g/mol. The van der Waals surface area contributed by atoms with Crippen LogP contribution in [0, 0.1) is 13.8 Å². The van der Waals surface area contributed by atoms with E-state index in [-0.39, 0.29) is 5.11 Å². The standard InChI is InChI=1S/C17H20N4O2S/c1-11-5-7-13(15(9-11)22-3)18-20-17(24)21-19-14-8-6-12(2)10-16(14)23-4/h5-10,18H,1-4H3,(H,20,24). The van der Waals surface area contributed by atoms with Crippen molar-refractivity contribution < 1.29 is 9.47 Å². The van der Waals surface area contributed by atoms with Gasteiger partial charge >= 0.3 is 0 Å². The third-order valence-electron chi connectivity index (χ3n) is 3.24. The van der Waals surface area contributed by atoms with Gasteiger partial charge in [-0.05, 0) is 61.5 Å². The number of ether oxygens (including phenoxy) is 2. The van der Waals surface area contributed by atoms with Gasteiger partial charge in [-0.3, -0.25) is 10.9 Å². The van der Waals surface area contributed by atoms with Crippen LogP contribution in [-0.4, -0.2) is 19.3 Å². The molecule has 2 rings (SSSR count). The normalized spacial score (nSPS) is 10.5. The van der Waals surface area contributed by atoms with Gasteiger partial charge in [-0.2, -0.15) is 0 Å². The van der Waals surface area contributed by atoms with E-state index in [1.165, 1.54) is 0 Å². The quantitative estimate of drug-likeness (QED) is 0.481. The van der Waals surface area contributed by atoms with Crippen LogP contribution >= 0.6 is 12.2 Å². The number of rotatable bonds is 5. The van der Waals surface area contributed by atoms with Crippen molar-refractivity contribution in [1.29, 1.82) is 0 Å². The minimum Gasteiger partial charge on any atom is -0.495 e. The number of hydrogen-bond acceptors (Lipinski definition) is 5. The molecule has 0 bridgehead atoms. The van der Waals surface area contributed by atoms with Crippen molar-refractivity contribution in [2.75, 3.05) is 19.6 Å². The van der Waals surface area contributed by atoms with Gasteiger partial charge in [0.05, 0.1) is 19.9 Å². The number of methoxy groups -OCH3 is 2. The predicted octanol–water partition coefficient (Wildman–Crippen LogP) is 4.31. The van der Waals surface area contributed by atoms with Crippen molar-refractivity contribution in [1.82, 2.24) is 5.43 Å². The van der Waals surface area contributed by atoms with E-state index in [0.717, 1.165) is 16.8 Å². The summed E-state index contributed by atoms with van der Waals surface area (Å²) >= 11 is 5.15. The van der Waals surface area contributed by atoms with Gasteiger partial charge < -0.3 is 9.47 Å². The van der Waals surface area contributed by atoms with E-state index in [1.807, 2.05) is 50.2 Å². The van der Waals surface area contributed by atoms with Gasteiger partial charge in [0.1, 0.15) is 17.2 Å². The Balaban J connectivity index is 2.01. The fraction of sp³-hybridized carbons (Fsp3) is 0.235. The second-order valence-corrected chi connectivity index (χ2v) is 5.52. The Hall–Kier alpha value is -2.67. The predicted molar refractivity (Wildman–Crippen MR) is 99.3 cm³/mol. The second kappa shape index (κ2) is 8.26. The number of aryl methyl sites for hydroxylation is 2. The second-order valence-electron chi connectivity index (χ2n) is 5.13. The Bertz CT molecular complexity index is 762. The molecule has 0 saturated heterocycles. The number of nitrogens with zero attached hydrogens (tertiary/aromatic N) is 2. The summed E-state index contributed by atoms with van der Waals surface area (Å²) in [6.45, 7) is 3.97. The first kappa shape index (κ1) is 17.7. The number of azo groups is 1. The van der Waals surface area contributed by atoms with Gasteiger partial charge in [0, 0.05) is 0 Å². The lowest BCUT2D eigenvalue weighted by atomic mass is 10.2. The van der Waals surface area contributed by atoms with Gasteiger partial charge in [-0.15, -0.1) is 10.2 Å². The molecule has 0 aliphatic carbocycles. The number of hydrogen-bond donors (Lipinski definition) is 2. The maximum absolute atomic E-state index is 5.31. The molecular formula is C17H20N4O2S. The fourth-order valence-corrected chi connectivity index (χ4v) is 2.11. The Morgan fingerprint density at radius 3 is 2.25 bits per heavy atom. The fourth-order valence-electron chi connectivity index (χ4n) is 2.01. The van der Waals surface area contributed by atoms with E-state index in [4.69, 9.17) is 21.7 Å². The molecule has 126 valence electrons. The molecular weight excluding hydrogens is 324 g/mol. The van der Waals surface area contributed by atoms with Crippen LogP contribution in [0.3, 0.4) is 0 Å². The van der Waals surface area contributed by atoms with E-state index in [9.17, 15) is 0 Å². The lowest BCUT2D eigenvalue weighted by Gasteiger charge is -2.12. The van der Waals surface area contributed by atoms with Gasteiger partial charge in [0.25, 0.3) is 0 Å². The van der Waals surface area contributed by atoms with E-state index < -0.39 is 0 Å². The summed E-state index contributed by atoms with van der Waals surface area (Å²) < 4.78 is 10.6. The van der Waals surface area contributed by atoms with Gasteiger partial charge in [-0.25, -0.2) is 0 Å². The van der Waals surface area contributed by atoms with Crippen molar-refractivity contribution in [3.63, 3.8) is 0 Å². The molecule has 0 atom stereocenters. The highest BCUT2D eigenvalue weighted by molar-refractivity contribution is 7.80. The van der Waals surface area contributed by atoms with Crippen LogP contribution in [0.4, 0.5) is 11.4 Å². The maximum Gasteiger partial charge on any atom is 0.232 e. The summed E-state index contributed by atoms with van der Waals surface area (Å²) in [6.07, 6.45) is 0. The molecule has 0 fully saturated rings. The van der Waals surface area contributed by atoms with Crippen LogP contribution in [0.5, 0.6) is 11.5 Å². The summed E-state index contributed by atoms with van der Waals surface area (Å²) in [4.78, 5) is 0. The maximum atomic E-state index is 5.31. The molecule has 0 amide bonds. The van der Waals surface area contributed by atoms with Gasteiger partial charge in [-0.1, -0.05) is 12.1 Å². The zero-order chi connectivity index (χ0) is 17.5. The molecule has 7 heteroatoms. The molecule has 0 unspecified atom stereocenters. The van der Waals surface area contributed by atoms with Crippen molar-refractivity contribution in [3.8, 4) is 11.5 Å². The van der Waals surface area contributed by atoms with E-state index in [2.05, 4.69) is 21.1 Å². The molecule has 0 radical (unpaired) electrons. The summed E-state index contributed by atoms with van der Waals surface area (Å²) in [6, 6.07) is 11.4. The van der Waals surface area contributed by atoms with Crippen molar-refractivity contribution in [2.45, 2.75) is 13.8 Å². The molecule has 0 aromatic heterocycles. The smallest absolute Gasteiger partial charge is 0.232 e. The molecule has 2 N–H and O–H groups in total. The largest absolute Gasteiger partial charge is 0.495 e. The van der Waals surface area contributed by atoms with Crippen LogP contribution in [0.2, 0.25) is 0 Å². The highest BCUT2D eigenvalue weighted by Gasteiger charge is 2.04. The lowest BCUT2D eigenvalue weighted by Crippen LogP contribution is -2.26. The third kappa shape index (κ3) is 4.66. The number of thiocarbonyl (C=S) groups is 1. The summed E-state index contributed by atoms with van der Waals surface area (Å²) in [5.74, 6) is 1.36. The first-order valence-electron chi connectivity index (χ1n) is 7.30. The number of nitrogens with one attached hydrogen (secondary N) is 2. The molecule has 0 heterocycles. The molecule has 0 aliphatic rings. The number of benzene rings is 2. The third-order valence-corrected chi connectivity index (χ3v) is 3.43. The van der Waals surface area contributed by atoms with Crippen LogP contribution in [0.25, 0.3) is 0 Å². The Morgan fingerprint density at radius 1 is 0.958 bits per heavy atom. The summed E-state index contributed by atoms with van der Waals surface area (Å²) in [7, 11) is 3.21. The molecule has 6 nitrogen and oxygen atoms in total. The van der Waals surface area contributed by atoms with Gasteiger partial charge in [0.2, 0.25) is 5.11 Å². The topological polar surface area (TPSA) is 67.2 Å². The summed E-state index contributed by atoms with van der Waals surface area (Å²) in [5, 5.41) is 8.29. The number of hydrazine groups is 1.